The van der Waals surface area contributed by atoms with Crippen LogP contribution in [0, 0.1) is 0 Å². The fourth-order valence-corrected chi connectivity index (χ4v) is 2.46. The number of aromatic nitrogens is 4. The molecule has 1 aliphatic carbocycles. The lowest BCUT2D eigenvalue weighted by molar-refractivity contribution is 0.0970. The summed E-state index contributed by atoms with van der Waals surface area (Å²) >= 11 is 0. The van der Waals surface area contributed by atoms with Crippen molar-refractivity contribution in [2.24, 2.45) is 7.05 Å². The number of Topliss-reactive ketones (excluding diaryl/α,β-unsaturated/α-hetero) is 1. The van der Waals surface area contributed by atoms with E-state index in [1.165, 1.54) is 6.07 Å². The van der Waals surface area contributed by atoms with Crippen LogP contribution in [0.3, 0.4) is 0 Å². The highest BCUT2D eigenvalue weighted by molar-refractivity contribution is 5.97. The molecule has 0 amide bonds. The number of nitrogens with zero attached hydrogens (tertiary/aromatic N) is 4. The van der Waals surface area contributed by atoms with E-state index in [-0.39, 0.29) is 11.3 Å². The number of fused-ring (bicyclic) bond motifs is 1. The van der Waals surface area contributed by atoms with E-state index in [1.54, 1.807) is 21.5 Å². The minimum Gasteiger partial charge on any atom is -0.319 e. The molecule has 6 nitrogen and oxygen atoms in total. The molecule has 0 spiro atoms. The lowest BCUT2D eigenvalue weighted by Crippen LogP contribution is -2.29. The van der Waals surface area contributed by atoms with E-state index >= 15 is 0 Å². The molecule has 0 bridgehead atoms. The van der Waals surface area contributed by atoms with Crippen LogP contribution in [-0.4, -0.2) is 25.1 Å². The molecule has 6 heteroatoms. The van der Waals surface area contributed by atoms with E-state index < -0.39 is 0 Å². The Morgan fingerprint density at radius 2 is 2.11 bits per heavy atom. The van der Waals surface area contributed by atoms with E-state index in [4.69, 9.17) is 0 Å². The van der Waals surface area contributed by atoms with Crippen LogP contribution in [-0.2, 0) is 20.0 Å². The molecule has 3 rings (SSSR count). The number of rotatable bonds is 2. The van der Waals surface area contributed by atoms with E-state index in [2.05, 4.69) is 10.2 Å². The molecule has 0 aromatic carbocycles. The Kier molecular flexibility index (Phi) is 2.77. The van der Waals surface area contributed by atoms with Gasteiger partial charge < -0.3 is 9.13 Å². The molecule has 2 aromatic heterocycles. The smallest absolute Gasteiger partial charge is 0.251 e. The van der Waals surface area contributed by atoms with Gasteiger partial charge in [0.15, 0.2) is 11.6 Å². The second-order valence-corrected chi connectivity index (χ2v) is 4.75. The molecule has 0 fully saturated rings. The molecule has 2 heterocycles. The van der Waals surface area contributed by atoms with Gasteiger partial charge in [0.25, 0.3) is 5.56 Å². The van der Waals surface area contributed by atoms with Gasteiger partial charge in [0.1, 0.15) is 6.33 Å². The van der Waals surface area contributed by atoms with Crippen molar-refractivity contribution in [1.29, 1.82) is 0 Å². The molecule has 98 valence electrons. The molecule has 0 saturated heterocycles. The largest absolute Gasteiger partial charge is 0.319 e. The number of aryl methyl sites for hydroxylation is 1. The summed E-state index contributed by atoms with van der Waals surface area (Å²) in [6, 6.07) is 3.10. The average Bonchev–Trinajstić information content (AvgIpc) is 2.79. The van der Waals surface area contributed by atoms with Crippen molar-refractivity contribution in [3.05, 3.63) is 45.9 Å². The molecule has 2 aromatic rings. The quantitative estimate of drug-likeness (QED) is 0.788. The van der Waals surface area contributed by atoms with Crippen molar-refractivity contribution in [2.45, 2.75) is 25.8 Å². The van der Waals surface area contributed by atoms with Gasteiger partial charge in [-0.3, -0.25) is 9.59 Å². The number of carbonyl (C=O) groups is 1. The number of pyridine rings is 1. The van der Waals surface area contributed by atoms with E-state index in [0.29, 0.717) is 24.4 Å². The number of ketones is 1. The summed E-state index contributed by atoms with van der Waals surface area (Å²) in [6.07, 6.45) is 3.72. The zero-order valence-electron chi connectivity index (χ0n) is 10.7. The van der Waals surface area contributed by atoms with Crippen LogP contribution >= 0.6 is 0 Å². The molecule has 0 N–H and O–H groups in total. The number of hydrogen-bond acceptors (Lipinski definition) is 4. The molecule has 0 saturated carbocycles. The van der Waals surface area contributed by atoms with Gasteiger partial charge in [0.2, 0.25) is 0 Å². The normalized spacial score (nSPS) is 14.5. The summed E-state index contributed by atoms with van der Waals surface area (Å²) < 4.78 is 3.41. The standard InChI is InChI=1S/C13H14N4O2/c1-16-8-14-15-12(16)7-17-10-3-2-4-11(18)9(10)5-6-13(17)19/h5-6,8H,2-4,7H2,1H3. The topological polar surface area (TPSA) is 69.8 Å². The zero-order chi connectivity index (χ0) is 13.4. The van der Waals surface area contributed by atoms with Crippen LogP contribution in [0.5, 0.6) is 0 Å². The van der Waals surface area contributed by atoms with Crippen LogP contribution in [0.25, 0.3) is 0 Å². The second-order valence-electron chi connectivity index (χ2n) is 4.75. The van der Waals surface area contributed by atoms with Crippen LogP contribution in [0.1, 0.15) is 34.7 Å². The van der Waals surface area contributed by atoms with Gasteiger partial charge in [0, 0.05) is 30.8 Å². The van der Waals surface area contributed by atoms with Crippen molar-refractivity contribution in [2.75, 3.05) is 0 Å². The molecule has 1 aliphatic rings. The maximum Gasteiger partial charge on any atom is 0.251 e. The van der Waals surface area contributed by atoms with E-state index in [0.717, 1.165) is 18.5 Å². The van der Waals surface area contributed by atoms with Crippen molar-refractivity contribution in [1.82, 2.24) is 19.3 Å². The van der Waals surface area contributed by atoms with Gasteiger partial charge in [-0.05, 0) is 18.9 Å². The Morgan fingerprint density at radius 1 is 1.26 bits per heavy atom. The van der Waals surface area contributed by atoms with E-state index in [9.17, 15) is 9.59 Å². The molecular weight excluding hydrogens is 244 g/mol. The highest BCUT2D eigenvalue weighted by Crippen LogP contribution is 2.20. The fraction of sp³-hybridized carbons (Fsp3) is 0.385. The summed E-state index contributed by atoms with van der Waals surface area (Å²) in [5, 5.41) is 7.79. The molecular formula is C13H14N4O2. The first kappa shape index (κ1) is 11.8. The molecule has 19 heavy (non-hydrogen) atoms. The van der Waals surface area contributed by atoms with Crippen LogP contribution in [0.2, 0.25) is 0 Å². The van der Waals surface area contributed by atoms with Crippen molar-refractivity contribution < 1.29 is 4.79 Å². The lowest BCUT2D eigenvalue weighted by atomic mass is 9.94. The minimum absolute atomic E-state index is 0.101. The summed E-state index contributed by atoms with van der Waals surface area (Å²) in [4.78, 5) is 23.9. The number of carbonyl (C=O) groups excluding carboxylic acids is 1. The highest BCUT2D eigenvalue weighted by atomic mass is 16.1. The Hall–Kier alpha value is -2.24. The SMILES string of the molecule is Cn1cnnc1Cn1c2c(ccc1=O)C(=O)CCC2. The third-order valence-electron chi connectivity index (χ3n) is 3.52. The Morgan fingerprint density at radius 3 is 2.84 bits per heavy atom. The molecule has 0 aliphatic heterocycles. The average molecular weight is 258 g/mol. The zero-order valence-corrected chi connectivity index (χ0v) is 10.7. The first-order valence-electron chi connectivity index (χ1n) is 6.25. The maximum atomic E-state index is 12.0. The minimum atomic E-state index is -0.101. The van der Waals surface area contributed by atoms with Crippen LogP contribution in [0.4, 0.5) is 0 Å². The third kappa shape index (κ3) is 1.99. The van der Waals surface area contributed by atoms with E-state index in [1.807, 2.05) is 7.05 Å². The maximum absolute atomic E-state index is 12.0. The van der Waals surface area contributed by atoms with Crippen molar-refractivity contribution in [3.8, 4) is 0 Å². The predicted molar refractivity (Wildman–Crippen MR) is 68.1 cm³/mol. The summed E-state index contributed by atoms with van der Waals surface area (Å²) in [6.45, 7) is 0.353. The van der Waals surface area contributed by atoms with Gasteiger partial charge in [-0.1, -0.05) is 0 Å². The van der Waals surface area contributed by atoms with Gasteiger partial charge in [-0.2, -0.15) is 0 Å². The Labute approximate surface area is 109 Å². The summed E-state index contributed by atoms with van der Waals surface area (Å²) in [5.74, 6) is 0.821. The molecule has 0 atom stereocenters. The summed E-state index contributed by atoms with van der Waals surface area (Å²) in [7, 11) is 1.83. The molecule has 0 unspecified atom stereocenters. The lowest BCUT2D eigenvalue weighted by Gasteiger charge is -2.19. The molecule has 0 radical (unpaired) electrons. The van der Waals surface area contributed by atoms with Crippen molar-refractivity contribution >= 4 is 5.78 Å². The Balaban J connectivity index is 2.10. The van der Waals surface area contributed by atoms with Crippen LogP contribution in [0.15, 0.2) is 23.3 Å². The fourth-order valence-electron chi connectivity index (χ4n) is 2.46. The second kappa shape index (κ2) is 4.46. The summed E-state index contributed by atoms with van der Waals surface area (Å²) in [5.41, 5.74) is 1.40. The monoisotopic (exact) mass is 258 g/mol. The predicted octanol–water partition coefficient (Wildman–Crippen LogP) is 0.544. The van der Waals surface area contributed by atoms with Crippen molar-refractivity contribution in [3.63, 3.8) is 0 Å². The van der Waals surface area contributed by atoms with Crippen LogP contribution < -0.4 is 5.56 Å². The van der Waals surface area contributed by atoms with Gasteiger partial charge in [-0.15, -0.1) is 10.2 Å². The first-order chi connectivity index (χ1) is 9.16. The van der Waals surface area contributed by atoms with Gasteiger partial charge in [-0.25, -0.2) is 0 Å². The third-order valence-corrected chi connectivity index (χ3v) is 3.52. The van der Waals surface area contributed by atoms with Gasteiger partial charge in [0.05, 0.1) is 6.54 Å². The first-order valence-corrected chi connectivity index (χ1v) is 6.25. The Bertz CT molecular complexity index is 699. The number of hydrogen-bond donors (Lipinski definition) is 0. The highest BCUT2D eigenvalue weighted by Gasteiger charge is 2.21. The van der Waals surface area contributed by atoms with Gasteiger partial charge >= 0.3 is 0 Å².